The van der Waals surface area contributed by atoms with E-state index >= 15 is 0 Å². The number of hydrogen-bond acceptors (Lipinski definition) is 5. The topological polar surface area (TPSA) is 53.0 Å². The maximum atomic E-state index is 11.6. The highest BCUT2D eigenvalue weighted by Crippen LogP contribution is 2.44. The van der Waals surface area contributed by atoms with Crippen LogP contribution in [0.3, 0.4) is 0 Å². The number of fused-ring (bicyclic) bond motifs is 2. The number of ether oxygens (including phenoxy) is 1. The number of carbonyl (C=O) groups is 1. The first-order chi connectivity index (χ1) is 16.7. The van der Waals surface area contributed by atoms with Gasteiger partial charge >= 0.3 is 5.97 Å². The summed E-state index contributed by atoms with van der Waals surface area (Å²) in [4.78, 5) is 16.7. The lowest BCUT2D eigenvalue weighted by molar-refractivity contribution is 0.0696. The minimum atomic E-state index is -0.905. The number of benzene rings is 3. The van der Waals surface area contributed by atoms with Crippen molar-refractivity contribution in [2.45, 2.75) is 18.4 Å². The molecule has 1 saturated heterocycles. The van der Waals surface area contributed by atoms with Gasteiger partial charge in [-0.1, -0.05) is 54.6 Å². The predicted molar refractivity (Wildman–Crippen MR) is 137 cm³/mol. The van der Waals surface area contributed by atoms with Gasteiger partial charge in [-0.3, -0.25) is 9.80 Å². The number of nitrogens with zero attached hydrogens (tertiary/aromatic N) is 2. The Morgan fingerprint density at radius 3 is 2.44 bits per heavy atom. The highest BCUT2D eigenvalue weighted by atomic mass is 32.2. The van der Waals surface area contributed by atoms with Gasteiger partial charge in [0.25, 0.3) is 0 Å². The van der Waals surface area contributed by atoms with Gasteiger partial charge in [-0.25, -0.2) is 4.79 Å². The van der Waals surface area contributed by atoms with E-state index in [1.807, 2.05) is 23.9 Å². The van der Waals surface area contributed by atoms with Crippen molar-refractivity contribution >= 4 is 17.7 Å². The molecule has 0 bridgehead atoms. The molecule has 34 heavy (non-hydrogen) atoms. The maximum absolute atomic E-state index is 11.6. The minimum absolute atomic E-state index is 0.0624. The van der Waals surface area contributed by atoms with E-state index in [1.54, 1.807) is 12.1 Å². The summed E-state index contributed by atoms with van der Waals surface area (Å²) in [5.41, 5.74) is 5.04. The van der Waals surface area contributed by atoms with Crippen LogP contribution < -0.4 is 4.74 Å². The van der Waals surface area contributed by atoms with Gasteiger partial charge in [-0.05, 0) is 34.9 Å². The third kappa shape index (κ3) is 5.30. The molecular weight excluding hydrogens is 444 g/mol. The van der Waals surface area contributed by atoms with Crippen LogP contribution in [0, 0.1) is 0 Å². The molecule has 0 radical (unpaired) electrons. The van der Waals surface area contributed by atoms with E-state index in [-0.39, 0.29) is 5.25 Å². The molecule has 0 spiro atoms. The quantitative estimate of drug-likeness (QED) is 0.525. The Bertz CT molecular complexity index is 1130. The lowest BCUT2D eigenvalue weighted by Gasteiger charge is -2.35. The smallest absolute Gasteiger partial charge is 0.335 e. The zero-order valence-electron chi connectivity index (χ0n) is 19.2. The van der Waals surface area contributed by atoms with Crippen LogP contribution in [0.15, 0.2) is 72.8 Å². The standard InChI is InChI=1S/C28H30N2O3S/c31-28(32)22-10-11-26-25(18-22)27(24-9-5-4-8-23(24)20-33-26)34-17-16-29-12-14-30(15-13-29)19-21-6-2-1-3-7-21/h1-11,18,27H,12-17,19-20H2,(H,31,32). The summed E-state index contributed by atoms with van der Waals surface area (Å²) in [6.45, 7) is 6.89. The molecule has 1 atom stereocenters. The largest absolute Gasteiger partial charge is 0.489 e. The van der Waals surface area contributed by atoms with Gasteiger partial charge in [0, 0.05) is 50.6 Å². The molecule has 0 aliphatic carbocycles. The first-order valence-corrected chi connectivity index (χ1v) is 12.9. The zero-order valence-corrected chi connectivity index (χ0v) is 20.0. The Morgan fingerprint density at radius 2 is 1.65 bits per heavy atom. The Morgan fingerprint density at radius 1 is 0.912 bits per heavy atom. The molecule has 176 valence electrons. The third-order valence-electron chi connectivity index (χ3n) is 6.67. The van der Waals surface area contributed by atoms with Crippen molar-refractivity contribution in [3.05, 3.63) is 101 Å². The molecule has 2 aliphatic heterocycles. The first-order valence-electron chi connectivity index (χ1n) is 11.9. The summed E-state index contributed by atoms with van der Waals surface area (Å²) < 4.78 is 6.07. The van der Waals surface area contributed by atoms with E-state index in [1.165, 1.54) is 16.7 Å². The summed E-state index contributed by atoms with van der Waals surface area (Å²) >= 11 is 1.89. The average Bonchev–Trinajstić information content (AvgIpc) is 3.02. The van der Waals surface area contributed by atoms with Crippen LogP contribution in [0.4, 0.5) is 0 Å². The zero-order chi connectivity index (χ0) is 23.3. The molecule has 0 amide bonds. The monoisotopic (exact) mass is 474 g/mol. The molecule has 2 aliphatic rings. The number of hydrogen-bond donors (Lipinski definition) is 1. The Balaban J connectivity index is 1.23. The van der Waals surface area contributed by atoms with Crippen LogP contribution in [-0.4, -0.2) is 59.4 Å². The number of thioether (sulfide) groups is 1. The van der Waals surface area contributed by atoms with Gasteiger partial charge in [0.2, 0.25) is 0 Å². The number of rotatable bonds is 7. The van der Waals surface area contributed by atoms with E-state index in [0.29, 0.717) is 12.2 Å². The molecule has 3 aromatic carbocycles. The fourth-order valence-electron chi connectivity index (χ4n) is 4.75. The van der Waals surface area contributed by atoms with E-state index in [0.717, 1.165) is 56.3 Å². The third-order valence-corrected chi connectivity index (χ3v) is 7.93. The van der Waals surface area contributed by atoms with Crippen LogP contribution >= 0.6 is 11.8 Å². The lowest BCUT2D eigenvalue weighted by atomic mass is 9.98. The van der Waals surface area contributed by atoms with E-state index in [2.05, 4.69) is 58.3 Å². The number of piperazine rings is 1. The second-order valence-electron chi connectivity index (χ2n) is 8.90. The SMILES string of the molecule is O=C(O)c1ccc2c(c1)C(SCCN1CCN(Cc3ccccc3)CC1)c1ccccc1CO2. The van der Waals surface area contributed by atoms with Crippen LogP contribution in [0.1, 0.15) is 37.9 Å². The summed E-state index contributed by atoms with van der Waals surface area (Å²) in [6, 6.07) is 24.3. The molecular formula is C28H30N2O3S. The first kappa shape index (κ1) is 23.0. The van der Waals surface area contributed by atoms with Crippen molar-refractivity contribution in [3.8, 4) is 5.75 Å². The molecule has 5 rings (SSSR count). The lowest BCUT2D eigenvalue weighted by Crippen LogP contribution is -2.46. The molecule has 3 aromatic rings. The van der Waals surface area contributed by atoms with Crippen LogP contribution in [0.25, 0.3) is 0 Å². The molecule has 1 unspecified atom stereocenters. The molecule has 5 nitrogen and oxygen atoms in total. The second kappa shape index (κ2) is 10.6. The second-order valence-corrected chi connectivity index (χ2v) is 10.1. The molecule has 1 fully saturated rings. The minimum Gasteiger partial charge on any atom is -0.489 e. The number of carboxylic acid groups (broad SMARTS) is 1. The van der Waals surface area contributed by atoms with Gasteiger partial charge in [0.1, 0.15) is 12.4 Å². The summed E-state index contributed by atoms with van der Waals surface area (Å²) in [5.74, 6) is 0.861. The molecule has 1 N–H and O–H groups in total. The van der Waals surface area contributed by atoms with Crippen LogP contribution in [-0.2, 0) is 13.2 Å². The summed E-state index contributed by atoms with van der Waals surface area (Å²) in [6.07, 6.45) is 0. The summed E-state index contributed by atoms with van der Waals surface area (Å²) in [5, 5.41) is 9.60. The number of aromatic carboxylic acids is 1. The summed E-state index contributed by atoms with van der Waals surface area (Å²) in [7, 11) is 0. The highest BCUT2D eigenvalue weighted by molar-refractivity contribution is 7.99. The molecule has 6 heteroatoms. The van der Waals surface area contributed by atoms with Gasteiger partial charge in [-0.15, -0.1) is 11.8 Å². The molecule has 2 heterocycles. The van der Waals surface area contributed by atoms with Crippen molar-refractivity contribution in [2.75, 3.05) is 38.5 Å². The van der Waals surface area contributed by atoms with E-state index < -0.39 is 5.97 Å². The fourth-order valence-corrected chi connectivity index (χ4v) is 6.13. The van der Waals surface area contributed by atoms with Crippen molar-refractivity contribution in [3.63, 3.8) is 0 Å². The van der Waals surface area contributed by atoms with Crippen molar-refractivity contribution in [2.24, 2.45) is 0 Å². The van der Waals surface area contributed by atoms with Crippen molar-refractivity contribution < 1.29 is 14.6 Å². The highest BCUT2D eigenvalue weighted by Gasteiger charge is 2.26. The van der Waals surface area contributed by atoms with Gasteiger partial charge in [0.05, 0.1) is 10.8 Å². The molecule has 0 saturated carbocycles. The van der Waals surface area contributed by atoms with Crippen molar-refractivity contribution in [1.29, 1.82) is 0 Å². The van der Waals surface area contributed by atoms with E-state index in [4.69, 9.17) is 4.74 Å². The van der Waals surface area contributed by atoms with Gasteiger partial charge < -0.3 is 9.84 Å². The van der Waals surface area contributed by atoms with E-state index in [9.17, 15) is 9.90 Å². The maximum Gasteiger partial charge on any atom is 0.335 e. The number of carboxylic acids is 1. The van der Waals surface area contributed by atoms with Crippen molar-refractivity contribution in [1.82, 2.24) is 9.80 Å². The van der Waals surface area contributed by atoms with Gasteiger partial charge in [-0.2, -0.15) is 0 Å². The van der Waals surface area contributed by atoms with Crippen LogP contribution in [0.5, 0.6) is 5.75 Å². The Labute approximate surface area is 205 Å². The average molecular weight is 475 g/mol. The molecule has 0 aromatic heterocycles. The Hall–Kier alpha value is -2.80. The predicted octanol–water partition coefficient (Wildman–Crippen LogP) is 4.92. The normalized spacial score (nSPS) is 18.4. The fraction of sp³-hybridized carbons (Fsp3) is 0.321. The van der Waals surface area contributed by atoms with Crippen LogP contribution in [0.2, 0.25) is 0 Å². The van der Waals surface area contributed by atoms with Gasteiger partial charge in [0.15, 0.2) is 0 Å². The Kier molecular flexibility index (Phi) is 7.19.